The van der Waals surface area contributed by atoms with Gasteiger partial charge in [-0.15, -0.1) is 0 Å². The molecule has 1 atom stereocenters. The van der Waals surface area contributed by atoms with E-state index in [0.29, 0.717) is 6.04 Å². The minimum atomic E-state index is 0.702. The first kappa shape index (κ1) is 14.3. The number of hydrogen-bond acceptors (Lipinski definition) is 3. The van der Waals surface area contributed by atoms with E-state index in [1.54, 1.807) is 0 Å². The summed E-state index contributed by atoms with van der Waals surface area (Å²) >= 11 is 2.17. The van der Waals surface area contributed by atoms with E-state index < -0.39 is 0 Å². The zero-order chi connectivity index (χ0) is 12.0. The number of piperidine rings is 1. The van der Waals surface area contributed by atoms with E-state index in [0.717, 1.165) is 11.2 Å². The Hall–Kier alpha value is 0.270. The molecule has 1 fully saturated rings. The van der Waals surface area contributed by atoms with Crippen molar-refractivity contribution in [1.29, 1.82) is 0 Å². The Morgan fingerprint density at radius 3 is 2.44 bits per heavy atom. The van der Waals surface area contributed by atoms with Gasteiger partial charge in [0.05, 0.1) is 0 Å². The lowest BCUT2D eigenvalue weighted by Gasteiger charge is -2.29. The topological polar surface area (TPSA) is 15.3 Å². The monoisotopic (exact) mass is 244 g/mol. The standard InChI is InChI=1S/C13H28N2S/c1-11(2)12(3)15(4)9-10-16-13-5-7-14-8-6-13/h11-14H,5-10H2,1-4H3. The van der Waals surface area contributed by atoms with Crippen LogP contribution in [0.5, 0.6) is 0 Å². The maximum absolute atomic E-state index is 3.42. The number of thioether (sulfide) groups is 1. The average Bonchev–Trinajstić information content (AvgIpc) is 2.29. The number of nitrogens with one attached hydrogen (secondary N) is 1. The predicted octanol–water partition coefficient (Wildman–Crippen LogP) is 2.45. The molecule has 0 spiro atoms. The molecule has 3 heteroatoms. The molecule has 0 bridgehead atoms. The van der Waals surface area contributed by atoms with Gasteiger partial charge >= 0.3 is 0 Å². The first-order chi connectivity index (χ1) is 7.61. The van der Waals surface area contributed by atoms with Crippen molar-refractivity contribution >= 4 is 11.8 Å². The molecule has 16 heavy (non-hydrogen) atoms. The molecule has 1 unspecified atom stereocenters. The predicted molar refractivity (Wildman–Crippen MR) is 75.3 cm³/mol. The molecule has 1 N–H and O–H groups in total. The van der Waals surface area contributed by atoms with E-state index in [2.05, 4.69) is 49.8 Å². The summed E-state index contributed by atoms with van der Waals surface area (Å²) in [5.41, 5.74) is 0. The molecule has 2 nitrogen and oxygen atoms in total. The zero-order valence-corrected chi connectivity index (χ0v) is 12.1. The minimum Gasteiger partial charge on any atom is -0.317 e. The fraction of sp³-hybridized carbons (Fsp3) is 1.00. The second-order valence-electron chi connectivity index (χ2n) is 5.29. The van der Waals surface area contributed by atoms with Crippen molar-refractivity contribution in [3.05, 3.63) is 0 Å². The van der Waals surface area contributed by atoms with E-state index in [4.69, 9.17) is 0 Å². The van der Waals surface area contributed by atoms with Gasteiger partial charge in [0.25, 0.3) is 0 Å². The summed E-state index contributed by atoms with van der Waals surface area (Å²) in [7, 11) is 2.26. The third-order valence-electron chi connectivity index (χ3n) is 3.74. The quantitative estimate of drug-likeness (QED) is 0.772. The molecule has 0 aromatic rings. The van der Waals surface area contributed by atoms with Gasteiger partial charge < -0.3 is 10.2 Å². The summed E-state index contributed by atoms with van der Waals surface area (Å²) < 4.78 is 0. The van der Waals surface area contributed by atoms with Crippen molar-refractivity contribution in [3.63, 3.8) is 0 Å². The van der Waals surface area contributed by atoms with Crippen molar-refractivity contribution in [2.45, 2.75) is 44.9 Å². The van der Waals surface area contributed by atoms with Gasteiger partial charge in [0.1, 0.15) is 0 Å². The van der Waals surface area contributed by atoms with E-state index in [-0.39, 0.29) is 0 Å². The molecule has 0 amide bonds. The maximum atomic E-state index is 3.42. The van der Waals surface area contributed by atoms with Crippen LogP contribution in [-0.2, 0) is 0 Å². The van der Waals surface area contributed by atoms with Gasteiger partial charge in [-0.1, -0.05) is 13.8 Å². The highest BCUT2D eigenvalue weighted by atomic mass is 32.2. The molecule has 1 aliphatic rings. The molecule has 0 saturated carbocycles. The van der Waals surface area contributed by atoms with Crippen LogP contribution in [-0.4, -0.2) is 48.6 Å². The summed E-state index contributed by atoms with van der Waals surface area (Å²) in [4.78, 5) is 2.50. The summed E-state index contributed by atoms with van der Waals surface area (Å²) in [6.07, 6.45) is 2.71. The van der Waals surface area contributed by atoms with E-state index in [1.165, 1.54) is 38.2 Å². The fourth-order valence-electron chi connectivity index (χ4n) is 2.04. The Morgan fingerprint density at radius 1 is 1.25 bits per heavy atom. The van der Waals surface area contributed by atoms with E-state index in [1.807, 2.05) is 0 Å². The van der Waals surface area contributed by atoms with Gasteiger partial charge in [-0.05, 0) is 45.8 Å². The van der Waals surface area contributed by atoms with Crippen molar-refractivity contribution in [3.8, 4) is 0 Å². The molecule has 0 radical (unpaired) electrons. The van der Waals surface area contributed by atoms with Crippen LogP contribution in [0.3, 0.4) is 0 Å². The third kappa shape index (κ3) is 5.07. The third-order valence-corrected chi connectivity index (χ3v) is 5.10. The smallest absolute Gasteiger partial charge is 0.00872 e. The Labute approximate surface area is 106 Å². The molecule has 0 aromatic carbocycles. The van der Waals surface area contributed by atoms with Gasteiger partial charge in [0.15, 0.2) is 0 Å². The SMILES string of the molecule is CC(C)C(C)N(C)CCSC1CCNCC1. The van der Waals surface area contributed by atoms with E-state index >= 15 is 0 Å². The van der Waals surface area contributed by atoms with E-state index in [9.17, 15) is 0 Å². The largest absolute Gasteiger partial charge is 0.317 e. The number of hydrogen-bond donors (Lipinski definition) is 1. The normalized spacial score (nSPS) is 20.6. The highest BCUT2D eigenvalue weighted by Crippen LogP contribution is 2.20. The number of rotatable bonds is 6. The lowest BCUT2D eigenvalue weighted by molar-refractivity contribution is 0.220. The Morgan fingerprint density at radius 2 is 1.88 bits per heavy atom. The Kier molecular flexibility index (Phi) is 6.78. The first-order valence-electron chi connectivity index (χ1n) is 6.64. The minimum absolute atomic E-state index is 0.702. The first-order valence-corrected chi connectivity index (χ1v) is 7.68. The van der Waals surface area contributed by atoms with Crippen LogP contribution < -0.4 is 5.32 Å². The highest BCUT2D eigenvalue weighted by molar-refractivity contribution is 7.99. The summed E-state index contributed by atoms with van der Waals surface area (Å²) in [5.74, 6) is 2.05. The molecule has 1 saturated heterocycles. The second-order valence-corrected chi connectivity index (χ2v) is 6.69. The maximum Gasteiger partial charge on any atom is 0.00872 e. The molecule has 0 aromatic heterocycles. The van der Waals surface area contributed by atoms with Crippen LogP contribution in [0.1, 0.15) is 33.6 Å². The lowest BCUT2D eigenvalue weighted by atomic mass is 10.1. The van der Waals surface area contributed by atoms with Gasteiger partial charge in [-0.3, -0.25) is 0 Å². The summed E-state index contributed by atoms with van der Waals surface area (Å²) in [6, 6.07) is 0.702. The van der Waals surface area contributed by atoms with Crippen molar-refractivity contribution in [1.82, 2.24) is 10.2 Å². The molecular weight excluding hydrogens is 216 g/mol. The van der Waals surface area contributed by atoms with Crippen molar-refractivity contribution in [2.75, 3.05) is 32.4 Å². The average molecular weight is 244 g/mol. The van der Waals surface area contributed by atoms with Crippen LogP contribution in [0.2, 0.25) is 0 Å². The summed E-state index contributed by atoms with van der Waals surface area (Å²) in [5, 5.41) is 4.33. The van der Waals surface area contributed by atoms with Crippen molar-refractivity contribution < 1.29 is 0 Å². The van der Waals surface area contributed by atoms with Crippen LogP contribution in [0.15, 0.2) is 0 Å². The Balaban J connectivity index is 2.09. The number of nitrogens with zero attached hydrogens (tertiary/aromatic N) is 1. The fourth-order valence-corrected chi connectivity index (χ4v) is 3.33. The Bertz CT molecular complexity index is 179. The van der Waals surface area contributed by atoms with Gasteiger partial charge in [0, 0.05) is 23.6 Å². The second kappa shape index (κ2) is 7.57. The van der Waals surface area contributed by atoms with Crippen LogP contribution in [0, 0.1) is 5.92 Å². The van der Waals surface area contributed by atoms with Gasteiger partial charge in [-0.2, -0.15) is 11.8 Å². The molecule has 1 heterocycles. The molecular formula is C13H28N2S. The highest BCUT2D eigenvalue weighted by Gasteiger charge is 2.15. The van der Waals surface area contributed by atoms with Crippen LogP contribution >= 0.6 is 11.8 Å². The van der Waals surface area contributed by atoms with Gasteiger partial charge in [-0.25, -0.2) is 0 Å². The zero-order valence-electron chi connectivity index (χ0n) is 11.3. The summed E-state index contributed by atoms with van der Waals surface area (Å²) in [6.45, 7) is 10.6. The molecule has 1 aliphatic heterocycles. The van der Waals surface area contributed by atoms with Crippen LogP contribution in [0.25, 0.3) is 0 Å². The van der Waals surface area contributed by atoms with Crippen molar-refractivity contribution in [2.24, 2.45) is 5.92 Å². The van der Waals surface area contributed by atoms with Crippen LogP contribution in [0.4, 0.5) is 0 Å². The molecule has 1 rings (SSSR count). The van der Waals surface area contributed by atoms with Gasteiger partial charge in [0.2, 0.25) is 0 Å². The lowest BCUT2D eigenvalue weighted by Crippen LogP contribution is -2.35. The molecule has 0 aliphatic carbocycles. The molecule has 96 valence electrons.